The van der Waals surface area contributed by atoms with Gasteiger partial charge in [0.05, 0.1) is 12.0 Å². The predicted molar refractivity (Wildman–Crippen MR) is 82.7 cm³/mol. The van der Waals surface area contributed by atoms with Gasteiger partial charge in [0.15, 0.2) is 0 Å². The second-order valence-electron chi connectivity index (χ2n) is 5.93. The molecule has 0 spiro atoms. The first kappa shape index (κ1) is 16.2. The zero-order valence-electron chi connectivity index (χ0n) is 12.3. The SMILES string of the molecule is CC1CCCCC1(CN)NC(=O)Cc1c(F)cccc1Cl. The van der Waals surface area contributed by atoms with Gasteiger partial charge < -0.3 is 11.1 Å². The van der Waals surface area contributed by atoms with E-state index in [2.05, 4.69) is 12.2 Å². The Morgan fingerprint density at radius 1 is 1.52 bits per heavy atom. The Morgan fingerprint density at radius 3 is 2.90 bits per heavy atom. The Labute approximate surface area is 130 Å². The molecule has 0 heterocycles. The number of rotatable bonds is 4. The van der Waals surface area contributed by atoms with Gasteiger partial charge in [-0.25, -0.2) is 4.39 Å². The molecule has 1 aromatic carbocycles. The van der Waals surface area contributed by atoms with Crippen molar-refractivity contribution >= 4 is 17.5 Å². The molecule has 5 heteroatoms. The quantitative estimate of drug-likeness (QED) is 0.898. The largest absolute Gasteiger partial charge is 0.349 e. The average Bonchev–Trinajstić information content (AvgIpc) is 2.46. The van der Waals surface area contributed by atoms with Gasteiger partial charge in [0.1, 0.15) is 5.82 Å². The van der Waals surface area contributed by atoms with Crippen LogP contribution in [0.5, 0.6) is 0 Å². The van der Waals surface area contributed by atoms with E-state index in [0.29, 0.717) is 12.5 Å². The van der Waals surface area contributed by atoms with Crippen LogP contribution in [0.15, 0.2) is 18.2 Å². The first-order chi connectivity index (χ1) is 9.98. The van der Waals surface area contributed by atoms with Crippen LogP contribution in [0.4, 0.5) is 4.39 Å². The van der Waals surface area contributed by atoms with Gasteiger partial charge in [-0.3, -0.25) is 4.79 Å². The van der Waals surface area contributed by atoms with E-state index >= 15 is 0 Å². The molecule has 2 rings (SSSR count). The molecule has 1 fully saturated rings. The van der Waals surface area contributed by atoms with E-state index in [1.54, 1.807) is 6.07 Å². The summed E-state index contributed by atoms with van der Waals surface area (Å²) < 4.78 is 13.8. The van der Waals surface area contributed by atoms with Crippen LogP contribution >= 0.6 is 11.6 Å². The van der Waals surface area contributed by atoms with E-state index in [9.17, 15) is 9.18 Å². The Bertz CT molecular complexity index is 503. The average molecular weight is 313 g/mol. The van der Waals surface area contributed by atoms with E-state index < -0.39 is 5.82 Å². The third-order valence-corrected chi connectivity index (χ3v) is 4.96. The lowest BCUT2D eigenvalue weighted by Crippen LogP contribution is -2.59. The van der Waals surface area contributed by atoms with Crippen molar-refractivity contribution in [2.75, 3.05) is 6.54 Å². The lowest BCUT2D eigenvalue weighted by Gasteiger charge is -2.42. The topological polar surface area (TPSA) is 55.1 Å². The summed E-state index contributed by atoms with van der Waals surface area (Å²) in [5.41, 5.74) is 5.79. The molecule has 21 heavy (non-hydrogen) atoms. The molecule has 1 aromatic rings. The van der Waals surface area contributed by atoms with Crippen LogP contribution in [0, 0.1) is 11.7 Å². The van der Waals surface area contributed by atoms with Crippen molar-refractivity contribution in [1.82, 2.24) is 5.32 Å². The maximum Gasteiger partial charge on any atom is 0.225 e. The highest BCUT2D eigenvalue weighted by molar-refractivity contribution is 6.31. The van der Waals surface area contributed by atoms with Crippen molar-refractivity contribution in [3.05, 3.63) is 34.6 Å². The summed E-state index contributed by atoms with van der Waals surface area (Å²) in [5.74, 6) is -0.339. The lowest BCUT2D eigenvalue weighted by molar-refractivity contribution is -0.123. The number of carbonyl (C=O) groups excluding carboxylic acids is 1. The van der Waals surface area contributed by atoms with E-state index in [-0.39, 0.29) is 28.5 Å². The molecule has 3 N–H and O–H groups in total. The molecule has 0 aliphatic heterocycles. The van der Waals surface area contributed by atoms with Crippen molar-refractivity contribution in [1.29, 1.82) is 0 Å². The summed E-state index contributed by atoms with van der Waals surface area (Å²) in [7, 11) is 0. The Balaban J connectivity index is 2.10. The number of hydrogen-bond acceptors (Lipinski definition) is 2. The molecule has 0 radical (unpaired) electrons. The maximum atomic E-state index is 13.8. The monoisotopic (exact) mass is 312 g/mol. The summed E-state index contributed by atoms with van der Waals surface area (Å²) >= 11 is 5.97. The first-order valence-electron chi connectivity index (χ1n) is 7.42. The first-order valence-corrected chi connectivity index (χ1v) is 7.80. The molecule has 2 atom stereocenters. The van der Waals surface area contributed by atoms with Crippen molar-refractivity contribution in [2.24, 2.45) is 11.7 Å². The minimum Gasteiger partial charge on any atom is -0.349 e. The van der Waals surface area contributed by atoms with Crippen molar-refractivity contribution in [3.63, 3.8) is 0 Å². The molecule has 0 saturated heterocycles. The number of nitrogens with two attached hydrogens (primary N) is 1. The molecular formula is C16H22ClFN2O. The van der Waals surface area contributed by atoms with Gasteiger partial charge in [-0.05, 0) is 30.9 Å². The van der Waals surface area contributed by atoms with Crippen molar-refractivity contribution < 1.29 is 9.18 Å². The van der Waals surface area contributed by atoms with Crippen molar-refractivity contribution in [3.8, 4) is 0 Å². The predicted octanol–water partition coefficient (Wildman–Crippen LogP) is 3.05. The third-order valence-electron chi connectivity index (χ3n) is 4.60. The van der Waals surface area contributed by atoms with Crippen LogP contribution in [0.1, 0.15) is 38.2 Å². The van der Waals surface area contributed by atoms with Gasteiger partial charge >= 0.3 is 0 Å². The smallest absolute Gasteiger partial charge is 0.225 e. The summed E-state index contributed by atoms with van der Waals surface area (Å²) in [6.07, 6.45) is 4.10. The van der Waals surface area contributed by atoms with E-state index in [0.717, 1.165) is 25.7 Å². The number of nitrogens with one attached hydrogen (secondary N) is 1. The van der Waals surface area contributed by atoms with Crippen LogP contribution in [0.2, 0.25) is 5.02 Å². The number of carbonyl (C=O) groups is 1. The molecule has 1 saturated carbocycles. The molecule has 2 unspecified atom stereocenters. The molecular weight excluding hydrogens is 291 g/mol. The van der Waals surface area contributed by atoms with Crippen LogP contribution in [0.3, 0.4) is 0 Å². The number of amides is 1. The normalized spacial score (nSPS) is 25.6. The fraction of sp³-hybridized carbons (Fsp3) is 0.562. The van der Waals surface area contributed by atoms with E-state index in [1.165, 1.54) is 12.1 Å². The fourth-order valence-corrected chi connectivity index (χ4v) is 3.37. The van der Waals surface area contributed by atoms with Crippen LogP contribution in [-0.2, 0) is 11.2 Å². The highest BCUT2D eigenvalue weighted by Crippen LogP contribution is 2.33. The van der Waals surface area contributed by atoms with Gasteiger partial charge in [0.2, 0.25) is 5.91 Å². The summed E-state index contributed by atoms with van der Waals surface area (Å²) in [6.45, 7) is 2.52. The molecule has 3 nitrogen and oxygen atoms in total. The lowest BCUT2D eigenvalue weighted by atomic mass is 9.73. The summed E-state index contributed by atoms with van der Waals surface area (Å²) in [5, 5.41) is 3.33. The maximum absolute atomic E-state index is 13.8. The molecule has 116 valence electrons. The van der Waals surface area contributed by atoms with E-state index in [1.807, 2.05) is 0 Å². The van der Waals surface area contributed by atoms with Crippen molar-refractivity contribution in [2.45, 2.75) is 44.6 Å². The zero-order valence-corrected chi connectivity index (χ0v) is 13.0. The zero-order chi connectivity index (χ0) is 15.5. The van der Waals surface area contributed by atoms with Gasteiger partial charge in [-0.1, -0.05) is 37.4 Å². The van der Waals surface area contributed by atoms with E-state index in [4.69, 9.17) is 17.3 Å². The highest BCUT2D eigenvalue weighted by Gasteiger charge is 2.38. The minimum absolute atomic E-state index is 0.0556. The highest BCUT2D eigenvalue weighted by atomic mass is 35.5. The van der Waals surface area contributed by atoms with Gasteiger partial charge in [-0.15, -0.1) is 0 Å². The van der Waals surface area contributed by atoms with Gasteiger partial charge in [0, 0.05) is 17.1 Å². The molecule has 1 amide bonds. The Hall–Kier alpha value is -1.13. The second kappa shape index (κ2) is 6.75. The third kappa shape index (κ3) is 3.55. The molecule has 1 aliphatic rings. The number of benzene rings is 1. The number of hydrogen-bond donors (Lipinski definition) is 2. The van der Waals surface area contributed by atoms with Gasteiger partial charge in [-0.2, -0.15) is 0 Å². The second-order valence-corrected chi connectivity index (χ2v) is 6.34. The minimum atomic E-state index is -0.448. The van der Waals surface area contributed by atoms with Crippen LogP contribution in [0.25, 0.3) is 0 Å². The fourth-order valence-electron chi connectivity index (χ4n) is 3.14. The van der Waals surface area contributed by atoms with Crippen LogP contribution < -0.4 is 11.1 Å². The van der Waals surface area contributed by atoms with Gasteiger partial charge in [0.25, 0.3) is 0 Å². The molecule has 0 aromatic heterocycles. The Morgan fingerprint density at radius 2 is 2.29 bits per heavy atom. The Kier molecular flexibility index (Phi) is 5.22. The van der Waals surface area contributed by atoms with Crippen LogP contribution in [-0.4, -0.2) is 18.0 Å². The molecule has 0 bridgehead atoms. The summed E-state index contributed by atoms with van der Waals surface area (Å²) in [4.78, 5) is 12.3. The molecule has 1 aliphatic carbocycles. The standard InChI is InChI=1S/C16H22ClFN2O/c1-11-5-2-3-8-16(11,10-19)20-15(21)9-12-13(17)6-4-7-14(12)18/h4,6-7,11H,2-3,5,8-10,19H2,1H3,(H,20,21). The number of halogens is 2. The summed E-state index contributed by atoms with van der Waals surface area (Å²) in [6, 6.07) is 4.44.